The van der Waals surface area contributed by atoms with E-state index in [4.69, 9.17) is 10.5 Å². The largest absolute Gasteiger partial charge is 0.453 e. The Bertz CT molecular complexity index is 882. The molecule has 2 aromatic rings. The number of anilines is 3. The molecule has 26 heavy (non-hydrogen) atoms. The van der Waals surface area contributed by atoms with Gasteiger partial charge in [0.15, 0.2) is 12.4 Å². The quantitative estimate of drug-likeness (QED) is 0.562. The van der Waals surface area contributed by atoms with Gasteiger partial charge in [-0.05, 0) is 24.6 Å². The first kappa shape index (κ1) is 17.1. The van der Waals surface area contributed by atoms with Gasteiger partial charge in [-0.15, -0.1) is 0 Å². The van der Waals surface area contributed by atoms with Crippen LogP contribution in [0.15, 0.2) is 36.0 Å². The molecule has 3 rings (SSSR count). The number of aromatic nitrogens is 3. The number of nitrogens with zero attached hydrogens (tertiary/aromatic N) is 3. The number of esters is 1. The van der Waals surface area contributed by atoms with Gasteiger partial charge >= 0.3 is 5.97 Å². The van der Waals surface area contributed by atoms with Gasteiger partial charge in [0.1, 0.15) is 5.70 Å². The zero-order valence-electron chi connectivity index (χ0n) is 13.9. The topological polar surface area (TPSA) is 144 Å². The lowest BCUT2D eigenvalue weighted by molar-refractivity contribution is -0.141. The van der Waals surface area contributed by atoms with Crippen molar-refractivity contribution in [3.05, 3.63) is 47.4 Å². The van der Waals surface area contributed by atoms with Crippen molar-refractivity contribution in [3.8, 4) is 0 Å². The minimum atomic E-state index is -0.641. The van der Waals surface area contributed by atoms with E-state index in [0.29, 0.717) is 0 Å². The molecule has 0 bridgehead atoms. The molecule has 134 valence electrons. The number of para-hydroxylation sites is 1. The second kappa shape index (κ2) is 7.47. The fraction of sp³-hybridized carbons (Fsp3) is 0.188. The molecule has 0 saturated carbocycles. The average Bonchev–Trinajstić information content (AvgIpc) is 2.62. The molecule has 2 heterocycles. The van der Waals surface area contributed by atoms with Crippen molar-refractivity contribution in [2.24, 2.45) is 0 Å². The van der Waals surface area contributed by atoms with Gasteiger partial charge in [0, 0.05) is 12.1 Å². The molecule has 5 N–H and O–H groups in total. The summed E-state index contributed by atoms with van der Waals surface area (Å²) in [4.78, 5) is 35.2. The summed E-state index contributed by atoms with van der Waals surface area (Å²) in [6.07, 6.45) is 1.54. The Morgan fingerprint density at radius 2 is 2.08 bits per heavy atom. The van der Waals surface area contributed by atoms with E-state index in [1.54, 1.807) is 0 Å². The molecule has 1 aliphatic rings. The van der Waals surface area contributed by atoms with Crippen molar-refractivity contribution in [2.45, 2.75) is 20.0 Å². The van der Waals surface area contributed by atoms with Gasteiger partial charge in [0.05, 0.1) is 0 Å². The lowest BCUT2D eigenvalue weighted by atomic mass is 10.2. The van der Waals surface area contributed by atoms with Crippen LogP contribution < -0.4 is 21.9 Å². The van der Waals surface area contributed by atoms with Crippen molar-refractivity contribution in [2.75, 3.05) is 11.1 Å². The van der Waals surface area contributed by atoms with Crippen LogP contribution in [-0.2, 0) is 20.9 Å². The third-order valence-electron chi connectivity index (χ3n) is 3.47. The van der Waals surface area contributed by atoms with Crippen LogP contribution in [0.3, 0.4) is 0 Å². The molecule has 1 aromatic carbocycles. The van der Waals surface area contributed by atoms with Gasteiger partial charge in [-0.2, -0.15) is 15.0 Å². The van der Waals surface area contributed by atoms with Gasteiger partial charge in [0.2, 0.25) is 17.8 Å². The van der Waals surface area contributed by atoms with E-state index in [0.717, 1.165) is 11.3 Å². The number of benzene rings is 1. The standard InChI is InChI=1S/C16H17N7O3/c1-9-4-2-3-5-10(9)18-16-20-12(19-15(17)21-16)8-26-14(25)11-6-7-13(24)23-22-11/h2-6,22H,7-8H2,1H3,(H,23,24)(H3,17,18,19,20,21). The van der Waals surface area contributed by atoms with Gasteiger partial charge < -0.3 is 15.8 Å². The average molecular weight is 355 g/mol. The van der Waals surface area contributed by atoms with Gasteiger partial charge in [0.25, 0.3) is 0 Å². The van der Waals surface area contributed by atoms with E-state index in [1.807, 2.05) is 31.2 Å². The number of aryl methyl sites for hydroxylation is 1. The molecular weight excluding hydrogens is 338 g/mol. The van der Waals surface area contributed by atoms with Crippen LogP contribution in [0.5, 0.6) is 0 Å². The Labute approximate surface area is 148 Å². The SMILES string of the molecule is Cc1ccccc1Nc1nc(N)nc(COC(=O)C2=CCC(=O)NN2)n1. The Morgan fingerprint density at radius 1 is 1.27 bits per heavy atom. The highest BCUT2D eigenvalue weighted by molar-refractivity contribution is 5.91. The highest BCUT2D eigenvalue weighted by Crippen LogP contribution is 2.18. The maximum Gasteiger partial charge on any atom is 0.356 e. The maximum absolute atomic E-state index is 12.0. The van der Waals surface area contributed by atoms with Crippen molar-refractivity contribution in [1.29, 1.82) is 0 Å². The van der Waals surface area contributed by atoms with Gasteiger partial charge in [-0.25, -0.2) is 4.79 Å². The third kappa shape index (κ3) is 4.23. The van der Waals surface area contributed by atoms with Crippen LogP contribution in [0.1, 0.15) is 17.8 Å². The van der Waals surface area contributed by atoms with Gasteiger partial charge in [-0.1, -0.05) is 18.2 Å². The fourth-order valence-electron chi connectivity index (χ4n) is 2.17. The van der Waals surface area contributed by atoms with Crippen LogP contribution >= 0.6 is 0 Å². The second-order valence-corrected chi connectivity index (χ2v) is 5.44. The molecule has 0 unspecified atom stereocenters. The fourth-order valence-corrected chi connectivity index (χ4v) is 2.17. The summed E-state index contributed by atoms with van der Waals surface area (Å²) in [5.41, 5.74) is 12.5. The normalized spacial score (nSPS) is 13.3. The summed E-state index contributed by atoms with van der Waals surface area (Å²) < 4.78 is 5.13. The first-order chi connectivity index (χ1) is 12.5. The molecule has 0 spiro atoms. The predicted octanol–water partition coefficient (Wildman–Crippen LogP) is 0.457. The highest BCUT2D eigenvalue weighted by Gasteiger charge is 2.17. The highest BCUT2D eigenvalue weighted by atomic mass is 16.5. The van der Waals surface area contributed by atoms with Crippen molar-refractivity contribution in [3.63, 3.8) is 0 Å². The van der Waals surface area contributed by atoms with Crippen LogP contribution in [0.2, 0.25) is 0 Å². The number of amides is 1. The molecule has 0 radical (unpaired) electrons. The van der Waals surface area contributed by atoms with E-state index in [-0.39, 0.29) is 42.4 Å². The lowest BCUT2D eigenvalue weighted by Gasteiger charge is -2.15. The van der Waals surface area contributed by atoms with Crippen molar-refractivity contribution in [1.82, 2.24) is 25.8 Å². The summed E-state index contributed by atoms with van der Waals surface area (Å²) in [5.74, 6) is -0.428. The Kier molecular flexibility index (Phi) is 4.92. The number of ether oxygens (including phenoxy) is 1. The van der Waals surface area contributed by atoms with E-state index in [9.17, 15) is 9.59 Å². The van der Waals surface area contributed by atoms with Crippen LogP contribution in [0.25, 0.3) is 0 Å². The first-order valence-corrected chi connectivity index (χ1v) is 7.76. The van der Waals surface area contributed by atoms with Crippen LogP contribution in [0, 0.1) is 6.92 Å². The molecule has 1 amide bonds. The zero-order valence-corrected chi connectivity index (χ0v) is 13.9. The summed E-state index contributed by atoms with van der Waals surface area (Å²) in [6.45, 7) is 1.75. The summed E-state index contributed by atoms with van der Waals surface area (Å²) in [6, 6.07) is 7.62. The number of carbonyl (C=O) groups is 2. The minimum Gasteiger partial charge on any atom is -0.453 e. The van der Waals surface area contributed by atoms with Crippen LogP contribution in [0.4, 0.5) is 17.6 Å². The number of nitrogens with two attached hydrogens (primary N) is 1. The lowest BCUT2D eigenvalue weighted by Crippen LogP contribution is -2.42. The number of rotatable bonds is 5. The van der Waals surface area contributed by atoms with E-state index >= 15 is 0 Å². The molecule has 0 fully saturated rings. The monoisotopic (exact) mass is 355 g/mol. The Balaban J connectivity index is 1.67. The molecule has 1 aliphatic heterocycles. The third-order valence-corrected chi connectivity index (χ3v) is 3.47. The smallest absolute Gasteiger partial charge is 0.356 e. The zero-order chi connectivity index (χ0) is 18.5. The molecule has 0 atom stereocenters. The number of carbonyl (C=O) groups excluding carboxylic acids is 2. The number of nitrogen functional groups attached to an aromatic ring is 1. The molecule has 0 saturated heterocycles. The number of nitrogens with one attached hydrogen (secondary N) is 3. The maximum atomic E-state index is 12.0. The molecule has 1 aromatic heterocycles. The van der Waals surface area contributed by atoms with E-state index < -0.39 is 5.97 Å². The van der Waals surface area contributed by atoms with E-state index in [2.05, 4.69) is 31.1 Å². The first-order valence-electron chi connectivity index (χ1n) is 7.76. The number of hydrogen-bond acceptors (Lipinski definition) is 9. The van der Waals surface area contributed by atoms with Crippen LogP contribution in [-0.4, -0.2) is 26.8 Å². The summed E-state index contributed by atoms with van der Waals surface area (Å²) >= 11 is 0. The molecule has 0 aliphatic carbocycles. The summed E-state index contributed by atoms with van der Waals surface area (Å²) in [7, 11) is 0. The number of hydrogen-bond donors (Lipinski definition) is 4. The van der Waals surface area contributed by atoms with Crippen molar-refractivity contribution < 1.29 is 14.3 Å². The minimum absolute atomic E-state index is 0.00408. The Hall–Kier alpha value is -3.69. The molecule has 10 nitrogen and oxygen atoms in total. The summed E-state index contributed by atoms with van der Waals surface area (Å²) in [5, 5.41) is 3.06. The number of hydrazine groups is 1. The van der Waals surface area contributed by atoms with Gasteiger partial charge in [-0.3, -0.25) is 15.6 Å². The molecule has 10 heteroatoms. The second-order valence-electron chi connectivity index (χ2n) is 5.44. The van der Waals surface area contributed by atoms with E-state index in [1.165, 1.54) is 6.08 Å². The Morgan fingerprint density at radius 3 is 2.81 bits per heavy atom. The predicted molar refractivity (Wildman–Crippen MR) is 92.5 cm³/mol. The van der Waals surface area contributed by atoms with Crippen molar-refractivity contribution >= 4 is 29.5 Å². The molecular formula is C16H17N7O3.